The van der Waals surface area contributed by atoms with E-state index in [1.807, 2.05) is 0 Å². The van der Waals surface area contributed by atoms with Crippen LogP contribution in [0.1, 0.15) is 36.4 Å². The topological polar surface area (TPSA) is 51.0 Å². The summed E-state index contributed by atoms with van der Waals surface area (Å²) in [5.74, 6) is 1.44. The molecule has 2 heterocycles. The number of aryl methyl sites for hydroxylation is 2. The zero-order valence-corrected chi connectivity index (χ0v) is 11.5. The molecule has 0 saturated carbocycles. The van der Waals surface area contributed by atoms with Gasteiger partial charge in [-0.2, -0.15) is 0 Å². The van der Waals surface area contributed by atoms with Crippen molar-refractivity contribution in [3.63, 3.8) is 0 Å². The van der Waals surface area contributed by atoms with Gasteiger partial charge in [0.05, 0.1) is 6.54 Å². The molecule has 2 aromatic heterocycles. The van der Waals surface area contributed by atoms with Crippen molar-refractivity contribution >= 4 is 11.3 Å². The second-order valence-electron chi connectivity index (χ2n) is 4.20. The van der Waals surface area contributed by atoms with E-state index in [2.05, 4.69) is 40.0 Å². The van der Waals surface area contributed by atoms with E-state index < -0.39 is 0 Å². The standard InChI is InChI=1S/C13H19N3OS/c1-2-8-14-10-13-16-15-12(17-13)7-3-5-11-6-4-9-18-11/h4,6,9,14H,2-3,5,7-8,10H2,1H3. The number of hydrogen-bond donors (Lipinski definition) is 1. The lowest BCUT2D eigenvalue weighted by molar-refractivity contribution is 0.428. The minimum atomic E-state index is 0.672. The van der Waals surface area contributed by atoms with Crippen LogP contribution < -0.4 is 5.32 Å². The van der Waals surface area contributed by atoms with E-state index in [-0.39, 0.29) is 0 Å². The number of aromatic nitrogens is 2. The number of thiophene rings is 1. The molecule has 0 spiro atoms. The summed E-state index contributed by atoms with van der Waals surface area (Å²) in [6, 6.07) is 4.25. The predicted octanol–water partition coefficient (Wildman–Crippen LogP) is 2.81. The van der Waals surface area contributed by atoms with Crippen LogP contribution in [0.2, 0.25) is 0 Å². The molecule has 0 fully saturated rings. The Labute approximate surface area is 111 Å². The summed E-state index contributed by atoms with van der Waals surface area (Å²) in [6.07, 6.45) is 4.12. The molecule has 0 aromatic carbocycles. The Kier molecular flexibility index (Phi) is 5.36. The van der Waals surface area contributed by atoms with Gasteiger partial charge in [-0.15, -0.1) is 21.5 Å². The van der Waals surface area contributed by atoms with Crippen molar-refractivity contribution in [3.05, 3.63) is 34.2 Å². The van der Waals surface area contributed by atoms with Gasteiger partial charge in [0, 0.05) is 11.3 Å². The van der Waals surface area contributed by atoms with Crippen LogP contribution in [-0.2, 0) is 19.4 Å². The second kappa shape index (κ2) is 7.28. The zero-order chi connectivity index (χ0) is 12.6. The average molecular weight is 265 g/mol. The lowest BCUT2D eigenvalue weighted by atomic mass is 10.2. The van der Waals surface area contributed by atoms with Crippen molar-refractivity contribution in [2.45, 2.75) is 39.2 Å². The maximum absolute atomic E-state index is 5.57. The van der Waals surface area contributed by atoms with E-state index in [9.17, 15) is 0 Å². The van der Waals surface area contributed by atoms with Crippen LogP contribution in [0.15, 0.2) is 21.9 Å². The summed E-state index contributed by atoms with van der Waals surface area (Å²) in [4.78, 5) is 1.42. The van der Waals surface area contributed by atoms with Crippen LogP contribution in [0.25, 0.3) is 0 Å². The number of nitrogens with zero attached hydrogens (tertiary/aromatic N) is 2. The largest absolute Gasteiger partial charge is 0.424 e. The fourth-order valence-electron chi connectivity index (χ4n) is 1.70. The maximum Gasteiger partial charge on any atom is 0.230 e. The van der Waals surface area contributed by atoms with Gasteiger partial charge in [-0.05, 0) is 37.3 Å². The second-order valence-corrected chi connectivity index (χ2v) is 5.23. The summed E-state index contributed by atoms with van der Waals surface area (Å²) in [7, 11) is 0. The number of nitrogens with one attached hydrogen (secondary N) is 1. The zero-order valence-electron chi connectivity index (χ0n) is 10.7. The van der Waals surface area contributed by atoms with E-state index in [0.29, 0.717) is 12.4 Å². The van der Waals surface area contributed by atoms with Crippen molar-refractivity contribution in [1.29, 1.82) is 0 Å². The molecule has 0 atom stereocenters. The third-order valence-electron chi connectivity index (χ3n) is 2.61. The first kappa shape index (κ1) is 13.2. The van der Waals surface area contributed by atoms with E-state index >= 15 is 0 Å². The third-order valence-corrected chi connectivity index (χ3v) is 3.54. The Morgan fingerprint density at radius 3 is 2.94 bits per heavy atom. The first-order valence-electron chi connectivity index (χ1n) is 6.43. The Bertz CT molecular complexity index is 439. The Balaban J connectivity index is 1.69. The summed E-state index contributed by atoms with van der Waals surface area (Å²) in [6.45, 7) is 3.79. The van der Waals surface area contributed by atoms with Gasteiger partial charge in [0.1, 0.15) is 0 Å². The monoisotopic (exact) mass is 265 g/mol. The van der Waals surface area contributed by atoms with Gasteiger partial charge in [0.25, 0.3) is 0 Å². The quantitative estimate of drug-likeness (QED) is 0.746. The number of hydrogen-bond acceptors (Lipinski definition) is 5. The lowest BCUT2D eigenvalue weighted by Gasteiger charge is -1.97. The van der Waals surface area contributed by atoms with E-state index in [0.717, 1.165) is 38.1 Å². The molecule has 98 valence electrons. The van der Waals surface area contributed by atoms with Crippen LogP contribution in [0, 0.1) is 0 Å². The van der Waals surface area contributed by atoms with Crippen LogP contribution in [0.3, 0.4) is 0 Å². The predicted molar refractivity (Wildman–Crippen MR) is 72.6 cm³/mol. The molecule has 0 aliphatic carbocycles. The summed E-state index contributed by atoms with van der Waals surface area (Å²) in [5, 5.41) is 13.4. The molecule has 1 N–H and O–H groups in total. The molecule has 0 radical (unpaired) electrons. The van der Waals surface area contributed by atoms with Crippen LogP contribution in [0.4, 0.5) is 0 Å². The summed E-state index contributed by atoms with van der Waals surface area (Å²) in [5.41, 5.74) is 0. The lowest BCUT2D eigenvalue weighted by Crippen LogP contribution is -2.13. The Morgan fingerprint density at radius 1 is 1.28 bits per heavy atom. The number of rotatable bonds is 8. The van der Waals surface area contributed by atoms with Crippen molar-refractivity contribution in [3.8, 4) is 0 Å². The first-order valence-corrected chi connectivity index (χ1v) is 7.31. The fraction of sp³-hybridized carbons (Fsp3) is 0.538. The van der Waals surface area contributed by atoms with Gasteiger partial charge in [0.15, 0.2) is 0 Å². The molecule has 5 heteroatoms. The van der Waals surface area contributed by atoms with Gasteiger partial charge in [0.2, 0.25) is 11.8 Å². The highest BCUT2D eigenvalue weighted by Crippen LogP contribution is 2.12. The fourth-order valence-corrected chi connectivity index (χ4v) is 2.45. The average Bonchev–Trinajstić information content (AvgIpc) is 3.01. The van der Waals surface area contributed by atoms with Gasteiger partial charge in [-0.25, -0.2) is 0 Å². The molecule has 4 nitrogen and oxygen atoms in total. The molecule has 0 unspecified atom stereocenters. The minimum Gasteiger partial charge on any atom is -0.424 e. The molecule has 18 heavy (non-hydrogen) atoms. The normalized spacial score (nSPS) is 10.9. The molecular weight excluding hydrogens is 246 g/mol. The highest BCUT2D eigenvalue weighted by molar-refractivity contribution is 7.09. The Hall–Kier alpha value is -1.20. The molecule has 0 bridgehead atoms. The summed E-state index contributed by atoms with van der Waals surface area (Å²) >= 11 is 1.80. The van der Waals surface area contributed by atoms with Gasteiger partial charge in [-0.1, -0.05) is 13.0 Å². The van der Waals surface area contributed by atoms with Crippen LogP contribution in [0.5, 0.6) is 0 Å². The van der Waals surface area contributed by atoms with Gasteiger partial charge in [-0.3, -0.25) is 0 Å². The molecule has 2 rings (SSSR count). The molecule has 2 aromatic rings. The molecular formula is C13H19N3OS. The van der Waals surface area contributed by atoms with Crippen LogP contribution in [-0.4, -0.2) is 16.7 Å². The Morgan fingerprint density at radius 2 is 2.17 bits per heavy atom. The third kappa shape index (κ3) is 4.23. The SMILES string of the molecule is CCCNCc1nnc(CCCc2cccs2)o1. The van der Waals surface area contributed by atoms with Crippen molar-refractivity contribution in [2.24, 2.45) is 0 Å². The van der Waals surface area contributed by atoms with Crippen LogP contribution >= 0.6 is 11.3 Å². The highest BCUT2D eigenvalue weighted by atomic mass is 32.1. The molecule has 0 aliphatic heterocycles. The molecule has 0 amide bonds. The van der Waals surface area contributed by atoms with Gasteiger partial charge < -0.3 is 9.73 Å². The minimum absolute atomic E-state index is 0.672. The maximum atomic E-state index is 5.57. The smallest absolute Gasteiger partial charge is 0.230 e. The van der Waals surface area contributed by atoms with E-state index in [4.69, 9.17) is 4.42 Å². The van der Waals surface area contributed by atoms with Crippen molar-refractivity contribution in [2.75, 3.05) is 6.54 Å². The summed E-state index contributed by atoms with van der Waals surface area (Å²) < 4.78 is 5.57. The molecule has 0 saturated heterocycles. The van der Waals surface area contributed by atoms with E-state index in [1.54, 1.807) is 11.3 Å². The van der Waals surface area contributed by atoms with E-state index in [1.165, 1.54) is 4.88 Å². The van der Waals surface area contributed by atoms with Gasteiger partial charge >= 0.3 is 0 Å². The van der Waals surface area contributed by atoms with Crippen molar-refractivity contribution in [1.82, 2.24) is 15.5 Å². The highest BCUT2D eigenvalue weighted by Gasteiger charge is 2.05. The molecule has 0 aliphatic rings. The first-order chi connectivity index (χ1) is 8.88. The van der Waals surface area contributed by atoms with Crippen molar-refractivity contribution < 1.29 is 4.42 Å².